The summed E-state index contributed by atoms with van der Waals surface area (Å²) in [6, 6.07) is 41.3. The predicted octanol–water partition coefficient (Wildman–Crippen LogP) is 19.8. The van der Waals surface area contributed by atoms with Gasteiger partial charge in [0.1, 0.15) is 65.3 Å². The van der Waals surface area contributed by atoms with E-state index in [1.165, 1.54) is 91.0 Å². The van der Waals surface area contributed by atoms with Crippen LogP contribution in [-0.4, -0.2) is 153 Å². The maximum absolute atomic E-state index is 14.4. The minimum atomic E-state index is -3.55. The Hall–Kier alpha value is -11.3. The lowest BCUT2D eigenvalue weighted by Crippen LogP contribution is -2.71. The van der Waals surface area contributed by atoms with Crippen LogP contribution in [-0.2, 0) is 50.8 Å². The van der Waals surface area contributed by atoms with Crippen LogP contribution in [0.15, 0.2) is 187 Å². The highest BCUT2D eigenvalue weighted by Gasteiger charge is 2.79. The molecule has 6 aliphatic heterocycles. The second kappa shape index (κ2) is 33.0. The van der Waals surface area contributed by atoms with E-state index in [1.807, 2.05) is 54.3 Å². The number of halogens is 12. The first-order valence-electron chi connectivity index (χ1n) is 46.6. The van der Waals surface area contributed by atoms with E-state index in [0.29, 0.717) is 84.8 Å². The lowest BCUT2D eigenvalue weighted by molar-refractivity contribution is -0.228. The van der Waals surface area contributed by atoms with E-state index in [1.54, 1.807) is 80.4 Å². The van der Waals surface area contributed by atoms with E-state index in [0.717, 1.165) is 93.0 Å². The van der Waals surface area contributed by atoms with Crippen molar-refractivity contribution in [2.75, 3.05) is 51.3 Å². The summed E-state index contributed by atoms with van der Waals surface area (Å²) in [5, 5.41) is 9.81. The third-order valence-electron chi connectivity index (χ3n) is 32.6. The van der Waals surface area contributed by atoms with Gasteiger partial charge < -0.3 is 34.0 Å². The molecule has 0 radical (unpaired) electrons. The number of nitrogens with zero attached hydrogens (tertiary/aromatic N) is 9. The van der Waals surface area contributed by atoms with E-state index >= 15 is 0 Å². The second-order valence-electron chi connectivity index (χ2n) is 42.3. The Labute approximate surface area is 768 Å². The van der Waals surface area contributed by atoms with Crippen LogP contribution in [0, 0.1) is 96.0 Å². The molecule has 7 aromatic carbocycles. The highest BCUT2D eigenvalue weighted by Crippen LogP contribution is 2.79. The van der Waals surface area contributed by atoms with Crippen molar-refractivity contribution in [3.8, 4) is 5.75 Å². The number of hydrogen-bond acceptors (Lipinski definition) is 11. The zero-order valence-electron chi connectivity index (χ0n) is 74.6. The van der Waals surface area contributed by atoms with Gasteiger partial charge in [0.2, 0.25) is 29.5 Å². The minimum absolute atomic E-state index is 0.0310. The van der Waals surface area contributed by atoms with Gasteiger partial charge in [-0.05, 0) is 232 Å². The Morgan fingerprint density at radius 2 is 0.799 bits per heavy atom. The quantitative estimate of drug-likeness (QED) is 0.0557. The molecule has 8 aromatic rings. The van der Waals surface area contributed by atoms with Crippen LogP contribution in [0.4, 0.5) is 58.4 Å². The molecule has 0 spiro atoms. The summed E-state index contributed by atoms with van der Waals surface area (Å²) in [6.07, 6.45) is 14.3. The van der Waals surface area contributed by atoms with E-state index in [2.05, 4.69) is 17.1 Å². The molecule has 9 atom stereocenters. The van der Waals surface area contributed by atoms with Crippen molar-refractivity contribution in [1.29, 1.82) is 0 Å². The third kappa shape index (κ3) is 15.5. The van der Waals surface area contributed by atoms with Crippen LogP contribution in [0.25, 0.3) is 0 Å². The summed E-state index contributed by atoms with van der Waals surface area (Å²) < 4.78 is 179. The van der Waals surface area contributed by atoms with E-state index in [9.17, 15) is 86.2 Å². The third-order valence-corrected chi connectivity index (χ3v) is 32.6. The fraction of sp³-hybridized carbons (Fsp3) is 0.490. The molecule has 21 aliphatic rings. The summed E-state index contributed by atoms with van der Waals surface area (Å²) in [4.78, 5) is 97.6. The lowest BCUT2D eigenvalue weighted by Gasteiger charge is -2.70. The molecule has 15 aliphatic carbocycles. The molecule has 704 valence electrons. The number of rotatable bonds is 19. The fourth-order valence-corrected chi connectivity index (χ4v) is 27.0. The average Bonchev–Trinajstić information content (AvgIpc) is 0.703. The van der Waals surface area contributed by atoms with Crippen molar-refractivity contribution in [3.63, 3.8) is 0 Å². The molecule has 19 fully saturated rings. The Bertz CT molecular complexity index is 5940. The van der Waals surface area contributed by atoms with Crippen molar-refractivity contribution < 1.29 is 95.7 Å². The van der Waals surface area contributed by atoms with Crippen LogP contribution in [0.2, 0.25) is 0 Å². The number of aryl methyl sites for hydroxylation is 1. The first kappa shape index (κ1) is 90.5. The molecule has 7 heterocycles. The van der Waals surface area contributed by atoms with Crippen LogP contribution in [0.3, 0.4) is 0 Å². The summed E-state index contributed by atoms with van der Waals surface area (Å²) in [7, 11) is 1.35. The van der Waals surface area contributed by atoms with Crippen molar-refractivity contribution >= 4 is 53.3 Å². The van der Waals surface area contributed by atoms with Crippen LogP contribution in [0.1, 0.15) is 211 Å². The van der Waals surface area contributed by atoms with Crippen molar-refractivity contribution in [2.24, 2.45) is 59.3 Å². The molecule has 30 heteroatoms. The molecule has 29 rings (SSSR count). The number of benzene rings is 7. The Morgan fingerprint density at radius 3 is 1.20 bits per heavy atom. The summed E-state index contributed by atoms with van der Waals surface area (Å²) in [5.74, 6) is -7.22. The molecule has 4 saturated heterocycles. The molecule has 1 aromatic heterocycles. The minimum Gasteiger partial charge on any atom is -0.493 e. The van der Waals surface area contributed by atoms with Gasteiger partial charge in [0.15, 0.2) is 0 Å². The molecule has 0 N–H and O–H groups in total. The van der Waals surface area contributed by atoms with Gasteiger partial charge in [-0.1, -0.05) is 98.3 Å². The number of hydrazone groups is 1. The normalized spacial score (nSPS) is 34.4. The van der Waals surface area contributed by atoms with Gasteiger partial charge in [0, 0.05) is 69.1 Å². The van der Waals surface area contributed by atoms with E-state index in [-0.39, 0.29) is 173 Å². The number of likely N-dealkylation sites (tertiary alicyclic amines) is 4. The number of hydrogen-bond donors (Lipinski definition) is 0. The lowest BCUT2D eigenvalue weighted by atomic mass is 9.34. The number of para-hydroxylation sites is 2. The predicted molar refractivity (Wildman–Crippen MR) is 468 cm³/mol. The first-order valence-corrected chi connectivity index (χ1v) is 46.6. The summed E-state index contributed by atoms with van der Waals surface area (Å²) in [5.41, 5.74) is 1.69. The van der Waals surface area contributed by atoms with Gasteiger partial charge in [-0.2, -0.15) is 19.0 Å². The van der Waals surface area contributed by atoms with Gasteiger partial charge in [0.05, 0.1) is 120 Å². The first-order chi connectivity index (χ1) is 63.9. The molecule has 9 unspecified atom stereocenters. The molecular weight excluding hydrogens is 1750 g/mol. The highest BCUT2D eigenvalue weighted by atomic mass is 19.3. The smallest absolute Gasteiger partial charge is 0.352 e. The van der Waals surface area contributed by atoms with Crippen LogP contribution in [0.5, 0.6) is 5.75 Å². The zero-order valence-corrected chi connectivity index (χ0v) is 74.6. The molecule has 134 heavy (non-hydrogen) atoms. The second-order valence-corrected chi connectivity index (χ2v) is 42.3. The number of aromatic nitrogens is 2. The number of anilines is 1. The Kier molecular flexibility index (Phi) is 22.3. The van der Waals surface area contributed by atoms with Crippen molar-refractivity contribution in [2.45, 2.75) is 216 Å². The zero-order chi connectivity index (χ0) is 94.0. The largest absolute Gasteiger partial charge is 0.493 e. The van der Waals surface area contributed by atoms with Gasteiger partial charge in [-0.15, -0.1) is 0 Å². The average molecular weight is 1850 g/mol. The van der Waals surface area contributed by atoms with Crippen molar-refractivity contribution in [3.05, 3.63) is 256 Å². The van der Waals surface area contributed by atoms with Gasteiger partial charge >= 0.3 is 17.8 Å². The molecule has 6 amide bonds. The van der Waals surface area contributed by atoms with Crippen LogP contribution >= 0.6 is 0 Å². The fourth-order valence-electron chi connectivity index (χ4n) is 27.0. The van der Waals surface area contributed by atoms with Gasteiger partial charge in [-0.25, -0.2) is 48.9 Å². The van der Waals surface area contributed by atoms with Crippen molar-refractivity contribution in [1.82, 2.24) is 34.4 Å². The number of carbonyl (C=O) groups is 7. The number of esters is 1. The van der Waals surface area contributed by atoms with E-state index < -0.39 is 82.3 Å². The van der Waals surface area contributed by atoms with Gasteiger partial charge in [-0.3, -0.25) is 38.2 Å². The maximum Gasteiger partial charge on any atom is 0.352 e. The molecule has 10 bridgehead atoms. The highest BCUT2D eigenvalue weighted by molar-refractivity contribution is 6.06. The number of alkyl halides is 6. The monoisotopic (exact) mass is 1850 g/mol. The number of carbonyl (C=O) groups excluding carboxylic acids is 7. The van der Waals surface area contributed by atoms with Crippen LogP contribution < -0.4 is 9.64 Å². The molecule has 15 saturated carbocycles. The molecular formula is C104H105F12N9O9. The van der Waals surface area contributed by atoms with Gasteiger partial charge in [0.25, 0.3) is 0 Å². The standard InChI is InChI=1S/C24H19F4N3O2.C23H23F2NO2.C21H23F2N3O.C18H19F2NO3.C18H21F2NO/c25-15-7-14(8-16(26)9-15)18-5-6-29-31(18)20(32)23-10-22(11-23,12-23)13-30-19-4-2-1-3-17(19)24(27,28)21(30)33;24-17-6-4-5-16(9-17)20-10-18(25)11-26(20)21(27)23-12-22(13-23,14-23)15-28-19-7-2-1-3-8-19;1-14-7-24-25(8-14)13-20-10-21(11-20,12-20)19(27)26-9-17(23)6-18(26)15-3-2-4-16(22)5-15;1-24-16(23)18-8-17(9-18,10-18)15(22)21-7-13(20)6-14(21)11-3-2-4-12(19)5-11;1-2-17-9-18(10-17,11-17)16(22)21-8-14(20)7-15(21)12-4-3-5-13(19)6-12/h1-4,6-9,18H,5,10-13H2;1-9,18,20H,10-15H2;2-5,7-8,17-18H,6,9-13H2,1H3;2-5,13-14H,6-10H2,1H3;3-6,14-15H,2,7-11H2,1H3. The number of ether oxygens (including phenoxy) is 2. The maximum atomic E-state index is 14.4. The number of fused-ring (bicyclic) bond motifs is 1. The number of methoxy groups -OCH3 is 1. The Balaban J connectivity index is 0.000000105. The topological polar surface area (TPSA) is 188 Å². The van der Waals surface area contributed by atoms with E-state index in [4.69, 9.17) is 9.47 Å². The SMILES string of the molecule is CCC12CC(C(=O)N3CC(F)CC3c3cccc(F)c3)(C1)C2.COC(=O)C12CC(C(=O)N3CC(F)CC3c3cccc(F)c3)(C1)C2.Cc1cnn(CC23CC(C(=O)N4CC(F)CC4c4cccc(F)c4)(C2)C3)c1.O=C(N1CC(F)CC1c1cccc(F)c1)C12CC(COc3ccccc3)(C1)C2.O=C(N1N=CCC1c1cc(F)cc(F)c1)C12CC(CN3C(=O)C(F)(F)c4ccccc43)(C1)C2. The molecule has 18 nitrogen and oxygen atoms in total. The number of amides is 6. The summed E-state index contributed by atoms with van der Waals surface area (Å²) in [6.45, 7) is 6.20. The summed E-state index contributed by atoms with van der Waals surface area (Å²) >= 11 is 0. The Morgan fingerprint density at radius 1 is 0.418 bits per heavy atom.